The number of carbonyl (C=O) groups excluding carboxylic acids is 2. The van der Waals surface area contributed by atoms with Gasteiger partial charge in [0.15, 0.2) is 0 Å². The molecule has 8 nitrogen and oxygen atoms in total. The molecule has 0 bridgehead atoms. The Balaban J connectivity index is 1.43. The summed E-state index contributed by atoms with van der Waals surface area (Å²) in [6.45, 7) is 4.03. The van der Waals surface area contributed by atoms with Gasteiger partial charge in [-0.3, -0.25) is 14.4 Å². The molecule has 2 fully saturated rings. The minimum atomic E-state index is -1.01. The van der Waals surface area contributed by atoms with Crippen LogP contribution in [0.1, 0.15) is 80.1 Å². The third kappa shape index (κ3) is 7.46. The molecule has 0 aromatic heterocycles. The highest BCUT2D eigenvalue weighted by Crippen LogP contribution is 2.30. The first kappa shape index (κ1) is 27.4. The van der Waals surface area contributed by atoms with E-state index in [2.05, 4.69) is 17.3 Å². The fourth-order valence-corrected chi connectivity index (χ4v) is 6.10. The van der Waals surface area contributed by atoms with E-state index in [1.54, 1.807) is 11.0 Å². The summed E-state index contributed by atoms with van der Waals surface area (Å²) in [7, 11) is 4.00. The maximum Gasteiger partial charge on any atom is 0.305 e. The number of nitrogens with one attached hydrogen (secondary N) is 1. The minimum absolute atomic E-state index is 0.0444. The quantitative estimate of drug-likeness (QED) is 0.518. The van der Waals surface area contributed by atoms with Gasteiger partial charge in [-0.2, -0.15) is 0 Å². The molecule has 2 heterocycles. The number of benzene rings is 1. The van der Waals surface area contributed by atoms with Crippen LogP contribution in [0.4, 0.5) is 5.69 Å². The number of fused-ring (bicyclic) bond motifs is 1. The van der Waals surface area contributed by atoms with E-state index < -0.39 is 12.0 Å². The van der Waals surface area contributed by atoms with Gasteiger partial charge in [-0.15, -0.1) is 0 Å². The van der Waals surface area contributed by atoms with E-state index >= 15 is 0 Å². The fourth-order valence-electron chi connectivity index (χ4n) is 6.10. The molecule has 37 heavy (non-hydrogen) atoms. The largest absolute Gasteiger partial charge is 0.481 e. The van der Waals surface area contributed by atoms with Crippen molar-refractivity contribution >= 4 is 23.5 Å². The number of aliphatic carboxylic acids is 1. The first-order chi connectivity index (χ1) is 17.8. The average molecular weight is 513 g/mol. The minimum Gasteiger partial charge on any atom is -0.481 e. The number of carbonyl (C=O) groups is 3. The molecule has 0 spiro atoms. The molecule has 0 radical (unpaired) electrons. The van der Waals surface area contributed by atoms with Gasteiger partial charge in [-0.1, -0.05) is 38.2 Å². The lowest BCUT2D eigenvalue weighted by Gasteiger charge is -2.30. The predicted molar refractivity (Wildman–Crippen MR) is 145 cm³/mol. The van der Waals surface area contributed by atoms with E-state index in [-0.39, 0.29) is 18.2 Å². The van der Waals surface area contributed by atoms with Crippen molar-refractivity contribution in [3.63, 3.8) is 0 Å². The second kappa shape index (κ2) is 12.8. The summed E-state index contributed by atoms with van der Waals surface area (Å²) in [6.07, 6.45) is 10.3. The van der Waals surface area contributed by atoms with E-state index in [0.717, 1.165) is 31.5 Å². The topological polar surface area (TPSA) is 93.2 Å². The number of amides is 2. The smallest absolute Gasteiger partial charge is 0.305 e. The van der Waals surface area contributed by atoms with Gasteiger partial charge in [0.2, 0.25) is 5.91 Å². The third-order valence-corrected chi connectivity index (χ3v) is 8.63. The van der Waals surface area contributed by atoms with E-state index in [1.807, 2.05) is 24.1 Å². The van der Waals surface area contributed by atoms with Crippen LogP contribution in [0.3, 0.4) is 0 Å². The number of anilines is 1. The predicted octanol–water partition coefficient (Wildman–Crippen LogP) is 4.06. The molecule has 1 aliphatic carbocycles. The monoisotopic (exact) mass is 512 g/mol. The molecule has 1 saturated heterocycles. The zero-order valence-corrected chi connectivity index (χ0v) is 22.6. The summed E-state index contributed by atoms with van der Waals surface area (Å²) in [5, 5.41) is 12.6. The van der Waals surface area contributed by atoms with Gasteiger partial charge >= 0.3 is 5.97 Å². The number of likely N-dealkylation sites (tertiary alicyclic amines) is 1. The highest BCUT2D eigenvalue weighted by molar-refractivity contribution is 5.96. The number of hydrogen-bond acceptors (Lipinski definition) is 5. The summed E-state index contributed by atoms with van der Waals surface area (Å²) in [5.41, 5.74) is 2.18. The second-order valence-corrected chi connectivity index (χ2v) is 11.5. The van der Waals surface area contributed by atoms with Crippen LogP contribution >= 0.6 is 0 Å². The average Bonchev–Trinajstić information content (AvgIpc) is 3.02. The van der Waals surface area contributed by atoms with Crippen molar-refractivity contribution in [1.29, 1.82) is 0 Å². The normalized spacial score (nSPS) is 21.7. The van der Waals surface area contributed by atoms with Crippen LogP contribution in [0.2, 0.25) is 0 Å². The number of piperidine rings is 1. The second-order valence-electron chi connectivity index (χ2n) is 11.5. The highest BCUT2D eigenvalue weighted by Gasteiger charge is 2.32. The molecule has 2 amide bonds. The van der Waals surface area contributed by atoms with Crippen LogP contribution in [0.15, 0.2) is 18.2 Å². The standard InChI is InChI=1S/C29H44N4O4/c1-31-14-10-22(11-15-31)12-16-32(2)28(36)23-8-9-24-20-33(17-13-21-6-4-3-5-7-21)29(37)26(19-27(34)35)30-25(24)18-23/h8-9,18,21-22,26,30H,3-7,10-17,19-20H2,1-2H3,(H,34,35). The summed E-state index contributed by atoms with van der Waals surface area (Å²) in [4.78, 5) is 44.1. The number of nitrogens with zero attached hydrogens (tertiary/aromatic N) is 3. The van der Waals surface area contributed by atoms with Crippen molar-refractivity contribution in [3.8, 4) is 0 Å². The summed E-state index contributed by atoms with van der Waals surface area (Å²) in [5.74, 6) is 0.0692. The third-order valence-electron chi connectivity index (χ3n) is 8.63. The zero-order chi connectivity index (χ0) is 26.4. The maximum absolute atomic E-state index is 13.3. The number of hydrogen-bond donors (Lipinski definition) is 2. The summed E-state index contributed by atoms with van der Waals surface area (Å²) in [6, 6.07) is 4.73. The Morgan fingerprint density at radius 1 is 1.05 bits per heavy atom. The van der Waals surface area contributed by atoms with Crippen molar-refractivity contribution in [2.24, 2.45) is 11.8 Å². The van der Waals surface area contributed by atoms with Gasteiger partial charge < -0.3 is 25.1 Å². The van der Waals surface area contributed by atoms with Crippen molar-refractivity contribution < 1.29 is 19.5 Å². The first-order valence-corrected chi connectivity index (χ1v) is 14.1. The SMILES string of the molecule is CN1CCC(CCN(C)C(=O)c2ccc3c(c2)NC(CC(=O)O)C(=O)N(CCC2CCCCC2)C3)CC1. The van der Waals surface area contributed by atoms with Gasteiger partial charge in [0, 0.05) is 37.9 Å². The molecular formula is C29H44N4O4. The molecule has 204 valence electrons. The van der Waals surface area contributed by atoms with Crippen LogP contribution in [-0.2, 0) is 16.1 Å². The molecule has 2 N–H and O–H groups in total. The molecular weight excluding hydrogens is 468 g/mol. The van der Waals surface area contributed by atoms with Crippen molar-refractivity contribution in [1.82, 2.24) is 14.7 Å². The molecule has 4 rings (SSSR count). The lowest BCUT2D eigenvalue weighted by molar-refractivity contribution is -0.141. The van der Waals surface area contributed by atoms with E-state index in [1.165, 1.54) is 44.9 Å². The number of rotatable bonds is 9. The van der Waals surface area contributed by atoms with Crippen LogP contribution in [0.25, 0.3) is 0 Å². The lowest BCUT2D eigenvalue weighted by Crippen LogP contribution is -2.42. The van der Waals surface area contributed by atoms with E-state index in [9.17, 15) is 19.5 Å². The Kier molecular flexibility index (Phi) is 9.46. The first-order valence-electron chi connectivity index (χ1n) is 14.1. The fraction of sp³-hybridized carbons (Fsp3) is 0.690. The molecule has 1 atom stereocenters. The van der Waals surface area contributed by atoms with Crippen molar-refractivity contribution in [3.05, 3.63) is 29.3 Å². The zero-order valence-electron chi connectivity index (χ0n) is 22.6. The van der Waals surface area contributed by atoms with Gasteiger partial charge in [0.25, 0.3) is 5.91 Å². The van der Waals surface area contributed by atoms with Crippen molar-refractivity contribution in [2.75, 3.05) is 45.6 Å². The van der Waals surface area contributed by atoms with Gasteiger partial charge in [-0.25, -0.2) is 0 Å². The molecule has 1 unspecified atom stereocenters. The molecule has 1 aromatic carbocycles. The van der Waals surface area contributed by atoms with E-state index in [4.69, 9.17) is 0 Å². The van der Waals surface area contributed by atoms with Gasteiger partial charge in [-0.05, 0) is 75.4 Å². The molecule has 3 aliphatic rings. The molecule has 8 heteroatoms. The van der Waals surface area contributed by atoms with Crippen LogP contribution in [0, 0.1) is 11.8 Å². The summed E-state index contributed by atoms with van der Waals surface area (Å²) >= 11 is 0. The molecule has 1 saturated carbocycles. The van der Waals surface area contributed by atoms with Crippen molar-refractivity contribution in [2.45, 2.75) is 76.8 Å². The van der Waals surface area contributed by atoms with Crippen LogP contribution in [-0.4, -0.2) is 83.9 Å². The highest BCUT2D eigenvalue weighted by atomic mass is 16.4. The Labute approximate surface area is 221 Å². The number of carboxylic acids is 1. The number of carboxylic acid groups (broad SMARTS) is 1. The van der Waals surface area contributed by atoms with E-state index in [0.29, 0.717) is 42.7 Å². The van der Waals surface area contributed by atoms with Gasteiger partial charge in [0.05, 0.1) is 6.42 Å². The molecule has 1 aromatic rings. The van der Waals surface area contributed by atoms with Crippen LogP contribution < -0.4 is 5.32 Å². The van der Waals surface area contributed by atoms with Crippen LogP contribution in [0.5, 0.6) is 0 Å². The Morgan fingerprint density at radius 3 is 2.46 bits per heavy atom. The van der Waals surface area contributed by atoms with Gasteiger partial charge in [0.1, 0.15) is 6.04 Å². The molecule has 2 aliphatic heterocycles. The Bertz CT molecular complexity index is 953. The Hall–Kier alpha value is -2.61. The lowest BCUT2D eigenvalue weighted by atomic mass is 9.87. The maximum atomic E-state index is 13.3. The summed E-state index contributed by atoms with van der Waals surface area (Å²) < 4.78 is 0. The Morgan fingerprint density at radius 2 is 1.76 bits per heavy atom.